The van der Waals surface area contributed by atoms with E-state index in [4.69, 9.17) is 9.47 Å². The zero-order chi connectivity index (χ0) is 24.0. The Kier molecular flexibility index (Phi) is 7.16. The Labute approximate surface area is 200 Å². The lowest BCUT2D eigenvalue weighted by Gasteiger charge is -2.40. The van der Waals surface area contributed by atoms with Crippen LogP contribution >= 0.6 is 0 Å². The average Bonchev–Trinajstić information content (AvgIpc) is 2.82. The van der Waals surface area contributed by atoms with Crippen molar-refractivity contribution in [2.75, 3.05) is 23.8 Å². The standard InChI is InChI=1S/C28H30N2O4/c1-3-33-24-19-23(30-27(32)28(16-11-17-28)21-14-9-6-10-15-21)25(34-4-2)18-22(24)29-26(31)20-12-7-5-8-13-20/h5-10,12-15,18-19H,3-4,11,16-17H2,1-2H3,(H,29,31)(H,30,32). The Hall–Kier alpha value is -3.80. The lowest BCUT2D eigenvalue weighted by atomic mass is 9.64. The van der Waals surface area contributed by atoms with Crippen molar-refractivity contribution in [2.45, 2.75) is 38.5 Å². The van der Waals surface area contributed by atoms with Gasteiger partial charge in [0.1, 0.15) is 11.5 Å². The largest absolute Gasteiger partial charge is 0.492 e. The summed E-state index contributed by atoms with van der Waals surface area (Å²) in [5, 5.41) is 6.00. The second-order valence-corrected chi connectivity index (χ2v) is 8.29. The van der Waals surface area contributed by atoms with Crippen LogP contribution in [0.15, 0.2) is 72.8 Å². The quantitative estimate of drug-likeness (QED) is 0.425. The van der Waals surface area contributed by atoms with Crippen LogP contribution in [0.25, 0.3) is 0 Å². The molecule has 34 heavy (non-hydrogen) atoms. The molecule has 1 saturated carbocycles. The van der Waals surface area contributed by atoms with Crippen LogP contribution in [0, 0.1) is 0 Å². The Balaban J connectivity index is 1.65. The number of hydrogen-bond donors (Lipinski definition) is 2. The topological polar surface area (TPSA) is 76.7 Å². The van der Waals surface area contributed by atoms with Gasteiger partial charge in [0.25, 0.3) is 5.91 Å². The summed E-state index contributed by atoms with van der Waals surface area (Å²) in [5.41, 5.74) is 2.02. The number of nitrogens with one attached hydrogen (secondary N) is 2. The first-order valence-corrected chi connectivity index (χ1v) is 11.7. The molecule has 1 fully saturated rings. The molecule has 3 aromatic carbocycles. The van der Waals surface area contributed by atoms with E-state index in [0.29, 0.717) is 41.7 Å². The molecular weight excluding hydrogens is 428 g/mol. The highest BCUT2D eigenvalue weighted by molar-refractivity contribution is 6.06. The molecule has 1 aliphatic rings. The summed E-state index contributed by atoms with van der Waals surface area (Å²) in [6, 6.07) is 22.3. The normalized spacial score (nSPS) is 13.9. The number of carbonyl (C=O) groups is 2. The van der Waals surface area contributed by atoms with E-state index in [1.807, 2.05) is 62.4 Å². The molecule has 0 atom stereocenters. The van der Waals surface area contributed by atoms with E-state index in [1.54, 1.807) is 24.3 Å². The van der Waals surface area contributed by atoms with Crippen LogP contribution in [0.3, 0.4) is 0 Å². The Morgan fingerprint density at radius 1 is 0.794 bits per heavy atom. The molecule has 0 aliphatic heterocycles. The Bertz CT molecular complexity index is 1140. The fourth-order valence-corrected chi connectivity index (χ4v) is 4.27. The van der Waals surface area contributed by atoms with Crippen molar-refractivity contribution >= 4 is 23.2 Å². The number of anilines is 2. The summed E-state index contributed by atoms with van der Waals surface area (Å²) in [4.78, 5) is 26.3. The molecule has 2 N–H and O–H groups in total. The maximum absolute atomic E-state index is 13.5. The zero-order valence-electron chi connectivity index (χ0n) is 19.6. The molecule has 1 aliphatic carbocycles. The maximum Gasteiger partial charge on any atom is 0.255 e. The SMILES string of the molecule is CCOc1cc(NC(=O)C2(c3ccccc3)CCC2)c(OCC)cc1NC(=O)c1ccccc1. The third-order valence-corrected chi connectivity index (χ3v) is 6.18. The van der Waals surface area contributed by atoms with Crippen molar-refractivity contribution in [3.05, 3.63) is 83.9 Å². The fourth-order valence-electron chi connectivity index (χ4n) is 4.27. The zero-order valence-corrected chi connectivity index (χ0v) is 19.6. The van der Waals surface area contributed by atoms with Crippen LogP contribution in [0.4, 0.5) is 11.4 Å². The molecule has 4 rings (SSSR count). The molecule has 0 radical (unpaired) electrons. The van der Waals surface area contributed by atoms with Crippen molar-refractivity contribution in [2.24, 2.45) is 0 Å². The van der Waals surface area contributed by atoms with Gasteiger partial charge in [0, 0.05) is 17.7 Å². The second-order valence-electron chi connectivity index (χ2n) is 8.29. The average molecular weight is 459 g/mol. The molecule has 0 spiro atoms. The van der Waals surface area contributed by atoms with E-state index in [1.165, 1.54) is 0 Å². The number of rotatable bonds is 9. The van der Waals surface area contributed by atoms with Crippen molar-refractivity contribution in [3.8, 4) is 11.5 Å². The summed E-state index contributed by atoms with van der Waals surface area (Å²) in [6.45, 7) is 4.56. The molecule has 3 aromatic rings. The minimum atomic E-state index is -0.545. The predicted octanol–water partition coefficient (Wildman–Crippen LogP) is 5.80. The van der Waals surface area contributed by atoms with Gasteiger partial charge in [-0.15, -0.1) is 0 Å². The van der Waals surface area contributed by atoms with E-state index < -0.39 is 5.41 Å². The van der Waals surface area contributed by atoms with Gasteiger partial charge in [-0.25, -0.2) is 0 Å². The predicted molar refractivity (Wildman–Crippen MR) is 134 cm³/mol. The van der Waals surface area contributed by atoms with Gasteiger partial charge < -0.3 is 20.1 Å². The summed E-state index contributed by atoms with van der Waals surface area (Å²) < 4.78 is 11.7. The molecule has 6 nitrogen and oxygen atoms in total. The van der Waals surface area contributed by atoms with Crippen LogP contribution in [0.5, 0.6) is 11.5 Å². The Morgan fingerprint density at radius 2 is 1.32 bits per heavy atom. The number of benzene rings is 3. The lowest BCUT2D eigenvalue weighted by molar-refractivity contribution is -0.124. The van der Waals surface area contributed by atoms with Gasteiger partial charge in [-0.05, 0) is 44.4 Å². The summed E-state index contributed by atoms with van der Waals surface area (Å²) in [7, 11) is 0. The van der Waals surface area contributed by atoms with Crippen molar-refractivity contribution in [1.82, 2.24) is 0 Å². The van der Waals surface area contributed by atoms with E-state index in [-0.39, 0.29) is 11.8 Å². The molecule has 6 heteroatoms. The minimum Gasteiger partial charge on any atom is -0.492 e. The first kappa shape index (κ1) is 23.4. The second kappa shape index (κ2) is 10.4. The summed E-state index contributed by atoms with van der Waals surface area (Å²) in [6.07, 6.45) is 2.61. The summed E-state index contributed by atoms with van der Waals surface area (Å²) in [5.74, 6) is 0.630. The van der Waals surface area contributed by atoms with Gasteiger partial charge in [-0.2, -0.15) is 0 Å². The molecular formula is C28H30N2O4. The number of ether oxygens (including phenoxy) is 2. The molecule has 0 heterocycles. The van der Waals surface area contributed by atoms with Crippen LogP contribution in [-0.4, -0.2) is 25.0 Å². The van der Waals surface area contributed by atoms with Gasteiger partial charge in [0.15, 0.2) is 0 Å². The summed E-state index contributed by atoms with van der Waals surface area (Å²) >= 11 is 0. The smallest absolute Gasteiger partial charge is 0.255 e. The molecule has 0 unspecified atom stereocenters. The molecule has 176 valence electrons. The number of amides is 2. The Morgan fingerprint density at radius 3 is 1.82 bits per heavy atom. The van der Waals surface area contributed by atoms with Crippen LogP contribution in [0.2, 0.25) is 0 Å². The fraction of sp³-hybridized carbons (Fsp3) is 0.286. The van der Waals surface area contributed by atoms with Gasteiger partial charge in [-0.3, -0.25) is 9.59 Å². The maximum atomic E-state index is 13.5. The first-order chi connectivity index (χ1) is 16.6. The minimum absolute atomic E-state index is 0.0607. The highest BCUT2D eigenvalue weighted by Gasteiger charge is 2.45. The highest BCUT2D eigenvalue weighted by atomic mass is 16.5. The molecule has 0 saturated heterocycles. The monoisotopic (exact) mass is 458 g/mol. The van der Waals surface area contributed by atoms with Crippen molar-refractivity contribution < 1.29 is 19.1 Å². The van der Waals surface area contributed by atoms with E-state index in [9.17, 15) is 9.59 Å². The van der Waals surface area contributed by atoms with Gasteiger partial charge in [0.2, 0.25) is 5.91 Å². The highest BCUT2D eigenvalue weighted by Crippen LogP contribution is 2.46. The molecule has 0 bridgehead atoms. The number of hydrogen-bond acceptors (Lipinski definition) is 4. The third kappa shape index (κ3) is 4.76. The lowest BCUT2D eigenvalue weighted by Crippen LogP contribution is -2.46. The van der Waals surface area contributed by atoms with Crippen LogP contribution in [-0.2, 0) is 10.2 Å². The number of carbonyl (C=O) groups excluding carboxylic acids is 2. The molecule has 0 aromatic heterocycles. The van der Waals surface area contributed by atoms with Gasteiger partial charge in [-0.1, -0.05) is 55.0 Å². The van der Waals surface area contributed by atoms with E-state index in [2.05, 4.69) is 10.6 Å². The van der Waals surface area contributed by atoms with Crippen molar-refractivity contribution in [3.63, 3.8) is 0 Å². The van der Waals surface area contributed by atoms with Gasteiger partial charge in [0.05, 0.1) is 30.0 Å². The van der Waals surface area contributed by atoms with Crippen LogP contribution < -0.4 is 20.1 Å². The van der Waals surface area contributed by atoms with Crippen molar-refractivity contribution in [1.29, 1.82) is 0 Å². The van der Waals surface area contributed by atoms with E-state index >= 15 is 0 Å². The van der Waals surface area contributed by atoms with E-state index in [0.717, 1.165) is 24.8 Å². The van der Waals surface area contributed by atoms with Crippen LogP contribution in [0.1, 0.15) is 49.0 Å². The third-order valence-electron chi connectivity index (χ3n) is 6.18. The first-order valence-electron chi connectivity index (χ1n) is 11.7. The van der Waals surface area contributed by atoms with Gasteiger partial charge >= 0.3 is 0 Å². The molecule has 2 amide bonds.